The molecule has 0 N–H and O–H groups in total. The highest BCUT2D eigenvalue weighted by Crippen LogP contribution is 2.42. The Balaban J connectivity index is 2.00. The van der Waals surface area contributed by atoms with Crippen LogP contribution in [0.5, 0.6) is 0 Å². The summed E-state index contributed by atoms with van der Waals surface area (Å²) in [6.07, 6.45) is 0. The molecule has 0 radical (unpaired) electrons. The fourth-order valence-corrected chi connectivity index (χ4v) is 3.54. The smallest absolute Gasteiger partial charge is 0.258 e. The van der Waals surface area contributed by atoms with E-state index in [1.54, 1.807) is 18.2 Å². The zero-order valence-electron chi connectivity index (χ0n) is 16.1. The van der Waals surface area contributed by atoms with Crippen LogP contribution in [0.25, 0.3) is 0 Å². The highest BCUT2D eigenvalue weighted by atomic mass is 16.6. The minimum Gasteiger partial charge on any atom is -0.258 e. The number of hydrogen-bond donors (Lipinski definition) is 0. The van der Waals surface area contributed by atoms with E-state index in [-0.39, 0.29) is 11.4 Å². The fraction of sp³-hybridized carbons (Fsp3) is 0.0400. The van der Waals surface area contributed by atoms with Crippen molar-refractivity contribution in [1.29, 1.82) is 0 Å². The summed E-state index contributed by atoms with van der Waals surface area (Å²) in [6.45, 7) is 0. The maximum absolute atomic E-state index is 11.5. The lowest BCUT2D eigenvalue weighted by Gasteiger charge is -2.30. The van der Waals surface area contributed by atoms with Crippen LogP contribution < -0.4 is 0 Å². The Bertz CT molecular complexity index is 1060. The third-order valence-electron chi connectivity index (χ3n) is 4.96. The zero-order valence-corrected chi connectivity index (χ0v) is 16.1. The zero-order chi connectivity index (χ0) is 20.8. The van der Waals surface area contributed by atoms with Crippen LogP contribution in [0.1, 0.15) is 16.7 Å². The molecule has 0 fully saturated rings. The molecule has 0 saturated heterocycles. The number of benzene rings is 4. The van der Waals surface area contributed by atoms with Crippen LogP contribution in [0.3, 0.4) is 0 Å². The van der Waals surface area contributed by atoms with Crippen molar-refractivity contribution in [3.05, 3.63) is 142 Å². The van der Waals surface area contributed by atoms with Gasteiger partial charge in [0.05, 0.1) is 4.92 Å². The molecule has 4 aromatic carbocycles. The maximum atomic E-state index is 11.5. The summed E-state index contributed by atoms with van der Waals surface area (Å²) in [5.74, 6) is 0. The molecule has 5 nitrogen and oxygen atoms in total. The van der Waals surface area contributed by atoms with Gasteiger partial charge in [0.15, 0.2) is 11.2 Å². The maximum Gasteiger partial charge on any atom is 0.296 e. The lowest BCUT2D eigenvalue weighted by Crippen LogP contribution is -2.26. The van der Waals surface area contributed by atoms with Crippen LogP contribution in [0, 0.1) is 10.1 Å². The average Bonchev–Trinajstić information content (AvgIpc) is 2.82. The van der Waals surface area contributed by atoms with Crippen molar-refractivity contribution in [3.8, 4) is 0 Å². The first-order chi connectivity index (χ1) is 14.7. The van der Waals surface area contributed by atoms with E-state index in [1.165, 1.54) is 6.07 Å². The van der Waals surface area contributed by atoms with Crippen LogP contribution >= 0.6 is 0 Å². The quantitative estimate of drug-likeness (QED) is 0.159. The van der Waals surface area contributed by atoms with Crippen LogP contribution in [-0.4, -0.2) is 4.92 Å². The molecule has 4 aromatic rings. The molecule has 0 heterocycles. The predicted molar refractivity (Wildman–Crippen MR) is 117 cm³/mol. The second-order valence-corrected chi connectivity index (χ2v) is 6.75. The summed E-state index contributed by atoms with van der Waals surface area (Å²) < 4.78 is 0. The molecule has 0 unspecified atom stereocenters. The molecule has 30 heavy (non-hydrogen) atoms. The first-order valence-electron chi connectivity index (χ1n) is 9.55. The van der Waals surface area contributed by atoms with E-state index in [1.807, 2.05) is 91.0 Å². The summed E-state index contributed by atoms with van der Waals surface area (Å²) in [5, 5.41) is 20.7. The highest BCUT2D eigenvalue weighted by molar-refractivity contribution is 5.57. The number of para-hydroxylation sites is 1. The minimum absolute atomic E-state index is 0.0793. The van der Waals surface area contributed by atoms with Crippen molar-refractivity contribution < 1.29 is 4.92 Å². The van der Waals surface area contributed by atoms with Crippen molar-refractivity contribution in [3.63, 3.8) is 0 Å². The molecular formula is C25H19N3O2. The second-order valence-electron chi connectivity index (χ2n) is 6.75. The molecule has 0 aromatic heterocycles. The molecule has 0 saturated carbocycles. The standard InChI is InChI=1S/C25H19N3O2/c29-28(30)24-19-11-10-18-23(24)26-27-25(20-12-4-1-5-13-20,21-14-6-2-7-15-21)22-16-8-3-9-17-22/h1-19H/b27-26+. The number of azo groups is 1. The molecule has 146 valence electrons. The van der Waals surface area contributed by atoms with Crippen LogP contribution in [-0.2, 0) is 5.54 Å². The van der Waals surface area contributed by atoms with Gasteiger partial charge in [0.1, 0.15) is 0 Å². The van der Waals surface area contributed by atoms with Gasteiger partial charge in [0.2, 0.25) is 0 Å². The van der Waals surface area contributed by atoms with Gasteiger partial charge in [0.25, 0.3) is 5.69 Å². The molecule has 0 atom stereocenters. The van der Waals surface area contributed by atoms with E-state index in [9.17, 15) is 10.1 Å². The van der Waals surface area contributed by atoms with Crippen LogP contribution in [0.15, 0.2) is 125 Å². The van der Waals surface area contributed by atoms with E-state index < -0.39 is 10.5 Å². The predicted octanol–water partition coefficient (Wildman–Crippen LogP) is 6.67. The lowest BCUT2D eigenvalue weighted by molar-refractivity contribution is -0.384. The third-order valence-corrected chi connectivity index (χ3v) is 4.96. The van der Waals surface area contributed by atoms with Gasteiger partial charge in [-0.2, -0.15) is 5.11 Å². The molecule has 0 amide bonds. The molecular weight excluding hydrogens is 374 g/mol. The SMILES string of the molecule is O=[N+]([O-])c1ccccc1/N=N/C(c1ccccc1)(c1ccccc1)c1ccccc1. The topological polar surface area (TPSA) is 67.9 Å². The Morgan fingerprint density at radius 3 is 1.43 bits per heavy atom. The van der Waals surface area contributed by atoms with Gasteiger partial charge >= 0.3 is 0 Å². The van der Waals surface area contributed by atoms with Gasteiger partial charge in [-0.25, -0.2) is 0 Å². The highest BCUT2D eigenvalue weighted by Gasteiger charge is 2.37. The summed E-state index contributed by atoms with van der Waals surface area (Å²) in [4.78, 5) is 11.0. The normalized spacial score (nSPS) is 11.5. The molecule has 0 bridgehead atoms. The van der Waals surface area contributed by atoms with Crippen LogP contribution in [0.4, 0.5) is 11.4 Å². The Morgan fingerprint density at radius 2 is 1.00 bits per heavy atom. The van der Waals surface area contributed by atoms with E-state index in [4.69, 9.17) is 5.11 Å². The first-order valence-corrected chi connectivity index (χ1v) is 9.55. The Hall–Kier alpha value is -4.12. The van der Waals surface area contributed by atoms with Crippen molar-refractivity contribution in [2.45, 2.75) is 5.54 Å². The summed E-state index contributed by atoms with van der Waals surface area (Å²) in [7, 11) is 0. The largest absolute Gasteiger partial charge is 0.296 e. The molecule has 0 aliphatic heterocycles. The number of hydrogen-bond acceptors (Lipinski definition) is 4. The van der Waals surface area contributed by atoms with Crippen molar-refractivity contribution in [1.82, 2.24) is 0 Å². The van der Waals surface area contributed by atoms with Gasteiger partial charge in [0, 0.05) is 6.07 Å². The van der Waals surface area contributed by atoms with Crippen LogP contribution in [0.2, 0.25) is 0 Å². The Labute approximate surface area is 174 Å². The van der Waals surface area contributed by atoms with Crippen molar-refractivity contribution >= 4 is 11.4 Å². The third kappa shape index (κ3) is 3.61. The fourth-order valence-electron chi connectivity index (χ4n) is 3.54. The Morgan fingerprint density at radius 1 is 0.600 bits per heavy atom. The number of rotatable bonds is 6. The summed E-state index contributed by atoms with van der Waals surface area (Å²) in [6, 6.07) is 35.9. The van der Waals surface area contributed by atoms with E-state index in [0.29, 0.717) is 0 Å². The van der Waals surface area contributed by atoms with Crippen molar-refractivity contribution in [2.24, 2.45) is 10.2 Å². The molecule has 0 spiro atoms. The van der Waals surface area contributed by atoms with Gasteiger partial charge in [-0.3, -0.25) is 10.1 Å². The van der Waals surface area contributed by atoms with E-state index in [2.05, 4.69) is 5.11 Å². The minimum atomic E-state index is -0.951. The second kappa shape index (κ2) is 8.49. The number of nitro benzene ring substituents is 1. The molecule has 4 rings (SSSR count). The Kier molecular flexibility index (Phi) is 5.44. The van der Waals surface area contributed by atoms with E-state index in [0.717, 1.165) is 16.7 Å². The van der Waals surface area contributed by atoms with Gasteiger partial charge in [-0.1, -0.05) is 103 Å². The lowest BCUT2D eigenvalue weighted by atomic mass is 9.78. The molecule has 5 heteroatoms. The molecule has 0 aliphatic rings. The average molecular weight is 393 g/mol. The summed E-state index contributed by atoms with van der Waals surface area (Å²) >= 11 is 0. The first kappa shape index (κ1) is 19.2. The number of nitrogens with zero attached hydrogens (tertiary/aromatic N) is 3. The monoisotopic (exact) mass is 393 g/mol. The van der Waals surface area contributed by atoms with E-state index >= 15 is 0 Å². The van der Waals surface area contributed by atoms with Gasteiger partial charge in [-0.15, -0.1) is 5.11 Å². The van der Waals surface area contributed by atoms with Crippen molar-refractivity contribution in [2.75, 3.05) is 0 Å². The summed E-state index contributed by atoms with van der Waals surface area (Å²) in [5.41, 5.74) is 1.95. The number of nitro groups is 1. The molecule has 0 aliphatic carbocycles. The van der Waals surface area contributed by atoms with Gasteiger partial charge in [-0.05, 0) is 22.8 Å². The van der Waals surface area contributed by atoms with Gasteiger partial charge < -0.3 is 0 Å².